The lowest BCUT2D eigenvalue weighted by Crippen LogP contribution is -2.44. The van der Waals surface area contributed by atoms with E-state index in [0.29, 0.717) is 17.9 Å². The molecule has 0 aliphatic carbocycles. The predicted molar refractivity (Wildman–Crippen MR) is 106 cm³/mol. The van der Waals surface area contributed by atoms with E-state index in [1.54, 1.807) is 0 Å². The molecule has 4 heteroatoms. The third kappa shape index (κ3) is 4.21. The highest BCUT2D eigenvalue weighted by molar-refractivity contribution is 6.30. The van der Waals surface area contributed by atoms with Crippen LogP contribution in [0.1, 0.15) is 56.7 Å². The summed E-state index contributed by atoms with van der Waals surface area (Å²) >= 11 is 5.91. The molecular weight excluding hydrogens is 346 g/mol. The van der Waals surface area contributed by atoms with Gasteiger partial charge >= 0.3 is 0 Å². The first kappa shape index (κ1) is 18.8. The molecule has 0 saturated heterocycles. The van der Waals surface area contributed by atoms with Gasteiger partial charge in [-0.15, -0.1) is 0 Å². The van der Waals surface area contributed by atoms with E-state index in [2.05, 4.69) is 25.2 Å². The maximum absolute atomic E-state index is 12.6. The standard InChI is InChI=1S/C22H26ClNO2/c1-3-22(4-2)15-19(18-7-5-6-8-20(18)26-22)24-21(25)14-11-16-9-12-17(23)13-10-16/h5-10,12-13,19H,3-4,11,14-15H2,1-2H3,(H,24,25)/t19-/m1/s1. The van der Waals surface area contributed by atoms with Crippen LogP contribution < -0.4 is 10.1 Å². The van der Waals surface area contributed by atoms with E-state index < -0.39 is 0 Å². The highest BCUT2D eigenvalue weighted by atomic mass is 35.5. The van der Waals surface area contributed by atoms with Gasteiger partial charge in [0, 0.05) is 23.4 Å². The van der Waals surface area contributed by atoms with Gasteiger partial charge in [0.15, 0.2) is 0 Å². The Morgan fingerprint density at radius 1 is 1.15 bits per heavy atom. The first-order valence-corrected chi connectivity index (χ1v) is 9.75. The summed E-state index contributed by atoms with van der Waals surface area (Å²) in [4.78, 5) is 12.6. The minimum absolute atomic E-state index is 0.00225. The van der Waals surface area contributed by atoms with E-state index >= 15 is 0 Å². The lowest BCUT2D eigenvalue weighted by atomic mass is 9.83. The SMILES string of the molecule is CCC1(CC)C[C@@H](NC(=O)CCc2ccc(Cl)cc2)c2ccccc2O1. The Bertz CT molecular complexity index is 753. The summed E-state index contributed by atoms with van der Waals surface area (Å²) in [6.45, 7) is 4.30. The van der Waals surface area contributed by atoms with Crippen molar-refractivity contribution in [1.29, 1.82) is 0 Å². The van der Waals surface area contributed by atoms with Crippen LogP contribution in [0.2, 0.25) is 5.02 Å². The maximum Gasteiger partial charge on any atom is 0.220 e. The van der Waals surface area contributed by atoms with E-state index in [1.165, 1.54) is 0 Å². The van der Waals surface area contributed by atoms with Gasteiger partial charge in [-0.1, -0.05) is 55.8 Å². The van der Waals surface area contributed by atoms with Gasteiger partial charge in [0.05, 0.1) is 6.04 Å². The summed E-state index contributed by atoms with van der Waals surface area (Å²) in [6, 6.07) is 15.7. The number of benzene rings is 2. The Labute approximate surface area is 160 Å². The van der Waals surface area contributed by atoms with Crippen LogP contribution in [0.5, 0.6) is 5.75 Å². The van der Waals surface area contributed by atoms with Crippen molar-refractivity contribution in [2.45, 2.75) is 57.6 Å². The summed E-state index contributed by atoms with van der Waals surface area (Å²) in [5.41, 5.74) is 1.99. The molecule has 1 atom stereocenters. The molecule has 1 amide bonds. The summed E-state index contributed by atoms with van der Waals surface area (Å²) in [6.07, 6.45) is 3.83. The highest BCUT2D eigenvalue weighted by Crippen LogP contribution is 2.42. The number of carbonyl (C=O) groups is 1. The number of amides is 1. The Kier molecular flexibility index (Phi) is 5.87. The van der Waals surface area contributed by atoms with E-state index in [0.717, 1.165) is 36.1 Å². The number of halogens is 1. The fourth-order valence-corrected chi connectivity index (χ4v) is 3.73. The van der Waals surface area contributed by atoms with Crippen LogP contribution in [-0.2, 0) is 11.2 Å². The molecule has 3 rings (SSSR count). The molecule has 3 nitrogen and oxygen atoms in total. The number of carbonyl (C=O) groups excluding carboxylic acids is 1. The molecule has 0 radical (unpaired) electrons. The molecule has 2 aromatic rings. The molecule has 1 N–H and O–H groups in total. The van der Waals surface area contributed by atoms with Crippen molar-refractivity contribution in [3.63, 3.8) is 0 Å². The number of aryl methyl sites for hydroxylation is 1. The molecular formula is C22H26ClNO2. The van der Waals surface area contributed by atoms with Crippen molar-refractivity contribution in [2.24, 2.45) is 0 Å². The third-order valence-corrected chi connectivity index (χ3v) is 5.63. The van der Waals surface area contributed by atoms with Gasteiger partial charge in [0.2, 0.25) is 5.91 Å². The van der Waals surface area contributed by atoms with Gasteiger partial charge in [-0.2, -0.15) is 0 Å². The maximum atomic E-state index is 12.6. The Morgan fingerprint density at radius 3 is 2.54 bits per heavy atom. The van der Waals surface area contributed by atoms with Gasteiger partial charge < -0.3 is 10.1 Å². The number of rotatable bonds is 6. The number of hydrogen-bond donors (Lipinski definition) is 1. The van der Waals surface area contributed by atoms with E-state index in [-0.39, 0.29) is 17.6 Å². The number of hydrogen-bond acceptors (Lipinski definition) is 2. The van der Waals surface area contributed by atoms with Crippen molar-refractivity contribution < 1.29 is 9.53 Å². The summed E-state index contributed by atoms with van der Waals surface area (Å²) in [5, 5.41) is 3.95. The van der Waals surface area contributed by atoms with Gasteiger partial charge in [0.25, 0.3) is 0 Å². The first-order valence-electron chi connectivity index (χ1n) is 9.37. The van der Waals surface area contributed by atoms with Gasteiger partial charge in [0.1, 0.15) is 11.4 Å². The molecule has 0 saturated carbocycles. The number of para-hydroxylation sites is 1. The van der Waals surface area contributed by atoms with E-state index in [4.69, 9.17) is 16.3 Å². The molecule has 1 heterocycles. The molecule has 2 aromatic carbocycles. The molecule has 0 bridgehead atoms. The van der Waals surface area contributed by atoms with Crippen LogP contribution in [0.3, 0.4) is 0 Å². The topological polar surface area (TPSA) is 38.3 Å². The van der Waals surface area contributed by atoms with Crippen molar-refractivity contribution in [3.05, 3.63) is 64.7 Å². The van der Waals surface area contributed by atoms with Gasteiger partial charge in [-0.3, -0.25) is 4.79 Å². The van der Waals surface area contributed by atoms with Crippen LogP contribution in [0.15, 0.2) is 48.5 Å². The Hall–Kier alpha value is -2.00. The Balaban J connectivity index is 1.69. The van der Waals surface area contributed by atoms with Crippen molar-refractivity contribution in [1.82, 2.24) is 5.32 Å². The quantitative estimate of drug-likeness (QED) is 0.731. The third-order valence-electron chi connectivity index (χ3n) is 5.37. The summed E-state index contributed by atoms with van der Waals surface area (Å²) < 4.78 is 6.31. The average Bonchev–Trinajstić information content (AvgIpc) is 2.67. The zero-order chi connectivity index (χ0) is 18.6. The second kappa shape index (κ2) is 8.13. The molecule has 1 aliphatic rings. The minimum atomic E-state index is -0.206. The van der Waals surface area contributed by atoms with Gasteiger partial charge in [-0.05, 0) is 43.0 Å². The molecule has 0 aromatic heterocycles. The van der Waals surface area contributed by atoms with Crippen LogP contribution in [0.4, 0.5) is 0 Å². The smallest absolute Gasteiger partial charge is 0.220 e. The minimum Gasteiger partial charge on any atom is -0.487 e. The van der Waals surface area contributed by atoms with Crippen LogP contribution >= 0.6 is 11.6 Å². The normalized spacial score (nSPS) is 17.9. The van der Waals surface area contributed by atoms with Crippen molar-refractivity contribution >= 4 is 17.5 Å². The number of ether oxygens (including phenoxy) is 1. The van der Waals surface area contributed by atoms with Crippen LogP contribution in [0, 0.1) is 0 Å². The second-order valence-corrected chi connectivity index (χ2v) is 7.42. The number of fused-ring (bicyclic) bond motifs is 1. The fourth-order valence-electron chi connectivity index (χ4n) is 3.61. The van der Waals surface area contributed by atoms with Crippen LogP contribution in [0.25, 0.3) is 0 Å². The zero-order valence-corrected chi connectivity index (χ0v) is 16.2. The predicted octanol–water partition coefficient (Wildman–Crippen LogP) is 5.47. The molecule has 0 fully saturated rings. The van der Waals surface area contributed by atoms with Crippen LogP contribution in [-0.4, -0.2) is 11.5 Å². The van der Waals surface area contributed by atoms with Crippen molar-refractivity contribution in [3.8, 4) is 5.75 Å². The van der Waals surface area contributed by atoms with Gasteiger partial charge in [-0.25, -0.2) is 0 Å². The molecule has 1 aliphatic heterocycles. The summed E-state index contributed by atoms with van der Waals surface area (Å²) in [7, 11) is 0. The molecule has 0 unspecified atom stereocenters. The van der Waals surface area contributed by atoms with Crippen molar-refractivity contribution in [2.75, 3.05) is 0 Å². The highest BCUT2D eigenvalue weighted by Gasteiger charge is 2.38. The Morgan fingerprint density at radius 2 is 1.85 bits per heavy atom. The zero-order valence-electron chi connectivity index (χ0n) is 15.4. The fraction of sp³-hybridized carbons (Fsp3) is 0.409. The van der Waals surface area contributed by atoms with E-state index in [9.17, 15) is 4.79 Å². The monoisotopic (exact) mass is 371 g/mol. The lowest BCUT2D eigenvalue weighted by Gasteiger charge is -2.41. The first-order chi connectivity index (χ1) is 12.5. The summed E-state index contributed by atoms with van der Waals surface area (Å²) in [5.74, 6) is 0.966. The lowest BCUT2D eigenvalue weighted by molar-refractivity contribution is -0.122. The number of nitrogens with one attached hydrogen (secondary N) is 1. The second-order valence-electron chi connectivity index (χ2n) is 6.98. The van der Waals surface area contributed by atoms with E-state index in [1.807, 2.05) is 42.5 Å². The largest absolute Gasteiger partial charge is 0.487 e. The molecule has 26 heavy (non-hydrogen) atoms. The average molecular weight is 372 g/mol. The molecule has 138 valence electrons. The molecule has 0 spiro atoms.